The van der Waals surface area contributed by atoms with Gasteiger partial charge in [-0.2, -0.15) is 5.11 Å². The van der Waals surface area contributed by atoms with Gasteiger partial charge in [0.05, 0.1) is 5.54 Å². The second-order valence-corrected chi connectivity index (χ2v) is 7.77. The first-order valence-corrected chi connectivity index (χ1v) is 7.07. The molecule has 1 saturated carbocycles. The first kappa shape index (κ1) is 16.1. The third-order valence-electron chi connectivity index (χ3n) is 3.19. The van der Waals surface area contributed by atoms with E-state index in [-0.39, 0.29) is 16.9 Å². The summed E-state index contributed by atoms with van der Waals surface area (Å²) in [5, 5.41) is 8.81. The zero-order chi connectivity index (χ0) is 14.9. The molecule has 1 aliphatic rings. The van der Waals surface area contributed by atoms with Crippen molar-refractivity contribution < 1.29 is 9.53 Å². The van der Waals surface area contributed by atoms with Gasteiger partial charge in [0.2, 0.25) is 5.72 Å². The summed E-state index contributed by atoms with van der Waals surface area (Å²) in [5.41, 5.74) is -0.914. The van der Waals surface area contributed by atoms with Gasteiger partial charge in [-0.1, -0.05) is 20.8 Å². The Hall–Kier alpha value is -0.930. The second kappa shape index (κ2) is 5.22. The summed E-state index contributed by atoms with van der Waals surface area (Å²) in [6.45, 7) is 14.0. The fraction of sp³-hybridized carbons (Fsp3) is 0.933. The van der Waals surface area contributed by atoms with E-state index in [0.29, 0.717) is 5.92 Å². The summed E-state index contributed by atoms with van der Waals surface area (Å²) < 4.78 is 5.58. The lowest BCUT2D eigenvalue weighted by atomic mass is 9.69. The predicted octanol–water partition coefficient (Wildman–Crippen LogP) is 4.34. The molecular weight excluding hydrogens is 240 g/mol. The van der Waals surface area contributed by atoms with Crippen LogP contribution in [0, 0.1) is 11.3 Å². The van der Waals surface area contributed by atoms with E-state index in [1.54, 1.807) is 0 Å². The number of nitrogens with zero attached hydrogens (tertiary/aromatic N) is 2. The summed E-state index contributed by atoms with van der Waals surface area (Å²) in [7, 11) is 0. The molecule has 0 aromatic heterocycles. The van der Waals surface area contributed by atoms with Crippen molar-refractivity contribution in [3.8, 4) is 0 Å². The highest BCUT2D eigenvalue weighted by atomic mass is 16.6. The minimum absolute atomic E-state index is 0.115. The van der Waals surface area contributed by atoms with Gasteiger partial charge in [-0.05, 0) is 38.5 Å². The average Bonchev–Trinajstić information content (AvgIpc) is 2.08. The largest absolute Gasteiger partial charge is 0.436 e. The maximum Gasteiger partial charge on any atom is 0.304 e. The van der Waals surface area contributed by atoms with Crippen molar-refractivity contribution >= 4 is 5.97 Å². The standard InChI is InChI=1S/C15H28N2O2/c1-11-8-14(6,7)10-15(9-11,19-12(2)18)17-16-13(3,4)5/h11H,8-10H2,1-7H3/b17-16+. The zero-order valence-electron chi connectivity index (χ0n) is 13.4. The van der Waals surface area contributed by atoms with E-state index < -0.39 is 5.72 Å². The van der Waals surface area contributed by atoms with Crippen LogP contribution >= 0.6 is 0 Å². The lowest BCUT2D eigenvalue weighted by Crippen LogP contribution is -2.44. The van der Waals surface area contributed by atoms with Crippen molar-refractivity contribution in [1.29, 1.82) is 0 Å². The Balaban J connectivity index is 3.05. The van der Waals surface area contributed by atoms with Crippen LogP contribution in [0.2, 0.25) is 0 Å². The molecule has 1 fully saturated rings. The van der Waals surface area contributed by atoms with Crippen LogP contribution in [-0.2, 0) is 9.53 Å². The van der Waals surface area contributed by atoms with Crippen LogP contribution in [0.1, 0.15) is 67.7 Å². The number of carbonyl (C=O) groups is 1. The number of ether oxygens (including phenoxy) is 1. The average molecular weight is 268 g/mol. The molecule has 0 amide bonds. The highest BCUT2D eigenvalue weighted by Crippen LogP contribution is 2.46. The molecule has 0 radical (unpaired) electrons. The van der Waals surface area contributed by atoms with Gasteiger partial charge in [-0.3, -0.25) is 4.79 Å². The van der Waals surface area contributed by atoms with Crippen LogP contribution in [0.3, 0.4) is 0 Å². The third kappa shape index (κ3) is 5.29. The molecule has 0 bridgehead atoms. The van der Waals surface area contributed by atoms with E-state index in [0.717, 1.165) is 19.3 Å². The Kier molecular flexibility index (Phi) is 4.43. The van der Waals surface area contributed by atoms with Gasteiger partial charge in [0.25, 0.3) is 0 Å². The molecule has 0 spiro atoms. The molecule has 0 saturated heterocycles. The molecule has 19 heavy (non-hydrogen) atoms. The van der Waals surface area contributed by atoms with Crippen LogP contribution in [0.15, 0.2) is 10.2 Å². The number of esters is 1. The third-order valence-corrected chi connectivity index (χ3v) is 3.19. The Morgan fingerprint density at radius 3 is 2.26 bits per heavy atom. The van der Waals surface area contributed by atoms with Gasteiger partial charge in [0.1, 0.15) is 0 Å². The summed E-state index contributed by atoms with van der Waals surface area (Å²) in [6, 6.07) is 0. The number of rotatable bonds is 2. The van der Waals surface area contributed by atoms with E-state index >= 15 is 0 Å². The Morgan fingerprint density at radius 1 is 1.26 bits per heavy atom. The molecule has 2 unspecified atom stereocenters. The summed E-state index contributed by atoms with van der Waals surface area (Å²) in [6.07, 6.45) is 2.63. The van der Waals surface area contributed by atoms with Crippen molar-refractivity contribution in [3.63, 3.8) is 0 Å². The highest BCUT2D eigenvalue weighted by molar-refractivity contribution is 5.66. The molecule has 4 heteroatoms. The summed E-state index contributed by atoms with van der Waals surface area (Å²) >= 11 is 0. The second-order valence-electron chi connectivity index (χ2n) is 7.77. The Morgan fingerprint density at radius 2 is 1.84 bits per heavy atom. The minimum Gasteiger partial charge on any atom is -0.436 e. The van der Waals surface area contributed by atoms with E-state index in [9.17, 15) is 4.79 Å². The van der Waals surface area contributed by atoms with Crippen LogP contribution in [0.25, 0.3) is 0 Å². The van der Waals surface area contributed by atoms with Gasteiger partial charge in [-0.25, -0.2) is 0 Å². The maximum atomic E-state index is 11.4. The van der Waals surface area contributed by atoms with E-state index in [1.165, 1.54) is 6.92 Å². The molecule has 1 aliphatic carbocycles. The van der Waals surface area contributed by atoms with E-state index in [2.05, 4.69) is 31.0 Å². The maximum absolute atomic E-state index is 11.4. The lowest BCUT2D eigenvalue weighted by molar-refractivity contribution is -0.167. The number of hydrogen-bond acceptors (Lipinski definition) is 4. The fourth-order valence-corrected chi connectivity index (χ4v) is 3.14. The van der Waals surface area contributed by atoms with Crippen molar-refractivity contribution in [2.75, 3.05) is 0 Å². The first-order chi connectivity index (χ1) is 8.43. The Bertz CT molecular complexity index is 369. The van der Waals surface area contributed by atoms with Crippen molar-refractivity contribution in [1.82, 2.24) is 0 Å². The van der Waals surface area contributed by atoms with E-state index in [1.807, 2.05) is 20.8 Å². The van der Waals surface area contributed by atoms with E-state index in [4.69, 9.17) is 4.74 Å². The van der Waals surface area contributed by atoms with Crippen molar-refractivity contribution in [2.24, 2.45) is 21.6 Å². The normalized spacial score (nSPS) is 31.4. The molecule has 0 aliphatic heterocycles. The minimum atomic E-state index is -0.777. The van der Waals surface area contributed by atoms with Crippen molar-refractivity contribution in [3.05, 3.63) is 0 Å². The number of azo groups is 1. The molecular formula is C15H28N2O2. The molecule has 110 valence electrons. The van der Waals surface area contributed by atoms with Crippen molar-refractivity contribution in [2.45, 2.75) is 79.0 Å². The molecule has 2 atom stereocenters. The topological polar surface area (TPSA) is 51.0 Å². The van der Waals surface area contributed by atoms with Crippen LogP contribution in [-0.4, -0.2) is 17.2 Å². The number of carbonyl (C=O) groups excluding carboxylic acids is 1. The highest BCUT2D eigenvalue weighted by Gasteiger charge is 2.46. The molecule has 0 N–H and O–H groups in total. The van der Waals surface area contributed by atoms with Gasteiger partial charge in [0.15, 0.2) is 0 Å². The quantitative estimate of drug-likeness (QED) is 0.552. The SMILES string of the molecule is CC(=O)OC1(/N=N/C(C)(C)C)CC(C)CC(C)(C)C1. The van der Waals surface area contributed by atoms with Crippen LogP contribution < -0.4 is 0 Å². The van der Waals surface area contributed by atoms with Gasteiger partial charge < -0.3 is 4.74 Å². The van der Waals surface area contributed by atoms with Crippen LogP contribution in [0.4, 0.5) is 0 Å². The lowest BCUT2D eigenvalue weighted by Gasteiger charge is -2.43. The predicted molar refractivity (Wildman–Crippen MR) is 75.9 cm³/mol. The van der Waals surface area contributed by atoms with Gasteiger partial charge in [-0.15, -0.1) is 5.11 Å². The monoisotopic (exact) mass is 268 g/mol. The molecule has 0 aromatic rings. The summed E-state index contributed by atoms with van der Waals surface area (Å²) in [5.74, 6) is 0.194. The van der Waals surface area contributed by atoms with Gasteiger partial charge in [0, 0.05) is 19.8 Å². The molecule has 1 rings (SSSR count). The summed E-state index contributed by atoms with van der Waals surface area (Å²) in [4.78, 5) is 11.4. The Labute approximate surface area is 117 Å². The zero-order valence-corrected chi connectivity index (χ0v) is 13.4. The first-order valence-electron chi connectivity index (χ1n) is 7.07. The smallest absolute Gasteiger partial charge is 0.304 e. The number of hydrogen-bond donors (Lipinski definition) is 0. The fourth-order valence-electron chi connectivity index (χ4n) is 3.14. The van der Waals surface area contributed by atoms with Gasteiger partial charge >= 0.3 is 5.97 Å². The van der Waals surface area contributed by atoms with Crippen LogP contribution in [0.5, 0.6) is 0 Å². The molecule has 0 aromatic carbocycles. The molecule has 4 nitrogen and oxygen atoms in total. The molecule has 0 heterocycles.